The van der Waals surface area contributed by atoms with Crippen LogP contribution in [0.5, 0.6) is 0 Å². The predicted molar refractivity (Wildman–Crippen MR) is 16.7 cm³/mol. The monoisotopic (exact) mass is 140 g/mol. The Morgan fingerprint density at radius 3 is 1.00 bits per heavy atom. The van der Waals surface area contributed by atoms with Gasteiger partial charge < -0.3 is 26.6 Å². The fraction of sp³-hybridized carbons (Fsp3) is 0. The number of halogens is 1. The van der Waals surface area contributed by atoms with Crippen molar-refractivity contribution in [3.05, 3.63) is 0 Å². The van der Waals surface area contributed by atoms with E-state index in [0.29, 0.717) is 0 Å². The average molecular weight is 141 g/mol. The number of hydrogen-bond donors (Lipinski definition) is 1. The maximum atomic E-state index is 8.35. The van der Waals surface area contributed by atoms with Crippen molar-refractivity contribution < 1.29 is 42.5 Å². The van der Waals surface area contributed by atoms with Crippen LogP contribution in [0.2, 0.25) is 0 Å². The maximum Gasteiger partial charge on any atom is 0.327 e. The second-order valence-corrected chi connectivity index (χ2v) is 0.207. The normalized spacial score (nSPS) is 2.57. The molecule has 6 nitrogen and oxygen atoms in total. The molecular formula is H9ClO6. The van der Waals surface area contributed by atoms with E-state index < -0.39 is 0 Å². The topological polar surface area (TPSA) is 169 Å². The molecule has 7 heteroatoms. The van der Waals surface area contributed by atoms with E-state index in [1.165, 1.54) is 0 Å². The molecule has 0 atom stereocenters. The smallest absolute Gasteiger partial charge is 0.327 e. The molecule has 0 aromatic carbocycles. The number of rotatable bonds is 0. The highest BCUT2D eigenvalue weighted by Gasteiger charge is 1.47. The Hall–Kier alpha value is 0.0500. The van der Waals surface area contributed by atoms with E-state index in [1.807, 2.05) is 0 Å². The minimum Gasteiger partial charge on any atom is -0.506 e. The van der Waals surface area contributed by atoms with Crippen molar-refractivity contribution in [2.75, 3.05) is 0 Å². The van der Waals surface area contributed by atoms with E-state index in [2.05, 4.69) is 0 Å². The van der Waals surface area contributed by atoms with Gasteiger partial charge in [0.1, 0.15) is 0 Å². The summed E-state index contributed by atoms with van der Waals surface area (Å²) in [7, 11) is 0. The summed E-state index contributed by atoms with van der Waals surface area (Å²) in [6, 6.07) is 0. The first-order valence-electron chi connectivity index (χ1n) is 0.323. The molecule has 0 aliphatic heterocycles. The van der Waals surface area contributed by atoms with Crippen LogP contribution in [-0.2, 0) is 0 Å². The summed E-state index contributed by atoms with van der Waals surface area (Å²) < 4.78 is 15.2. The molecule has 0 heterocycles. The molecule has 52 valence electrons. The molecule has 0 rings (SSSR count). The van der Waals surface area contributed by atoms with Gasteiger partial charge in [-0.25, -0.2) is 0 Å². The van der Waals surface area contributed by atoms with Gasteiger partial charge in [-0.05, 0) is 0 Å². The highest BCUT2D eigenvalue weighted by molar-refractivity contribution is 1.71. The van der Waals surface area contributed by atoms with E-state index in [-0.39, 0.29) is 33.2 Å². The first-order chi connectivity index (χ1) is 1.41. The van der Waals surface area contributed by atoms with Crippen LogP contribution in [0, 0.1) is 11.3 Å². The molecule has 0 bridgehead atoms. The quantitative estimate of drug-likeness (QED) is 0.355. The third-order valence-electron chi connectivity index (χ3n) is 0. The molecule has 0 fully saturated rings. The molecule has 0 aliphatic rings. The van der Waals surface area contributed by atoms with Crippen molar-refractivity contribution in [1.82, 2.24) is 0 Å². The second-order valence-electron chi connectivity index (χ2n) is 0.0690. The Balaban J connectivity index is -0.00000000333. The largest absolute Gasteiger partial charge is 0.506 e. The number of hydrogen-bond acceptors (Lipinski definition) is 2. The summed E-state index contributed by atoms with van der Waals surface area (Å²) in [5, 5.41) is 0. The van der Waals surface area contributed by atoms with Gasteiger partial charge in [0.15, 0.2) is 0 Å². The fourth-order valence-corrected chi connectivity index (χ4v) is 0. The van der Waals surface area contributed by atoms with Gasteiger partial charge in [-0.15, -0.1) is 4.66 Å². The zero-order valence-corrected chi connectivity index (χ0v) is 3.99. The third kappa shape index (κ3) is 39700. The molecule has 0 aliphatic carbocycles. The summed E-state index contributed by atoms with van der Waals surface area (Å²) >= 11 is -0.167. The molecule has 0 aromatic heterocycles. The van der Waals surface area contributed by atoms with Gasteiger partial charge in [0, 0.05) is 0 Å². The molecule has 0 spiro atoms. The van der Waals surface area contributed by atoms with Gasteiger partial charge in [0.05, 0.1) is 0 Å². The van der Waals surface area contributed by atoms with Gasteiger partial charge in [-0.1, -0.05) is 0 Å². The van der Waals surface area contributed by atoms with Crippen LogP contribution in [0.3, 0.4) is 0 Å². The molecular weight excluding hydrogens is 131 g/mol. The third-order valence-corrected chi connectivity index (χ3v) is 0. The Morgan fingerprint density at radius 2 is 1.00 bits per heavy atom. The molecule has 0 unspecified atom stereocenters. The fourth-order valence-electron chi connectivity index (χ4n) is 0. The van der Waals surface area contributed by atoms with Gasteiger partial charge in [0.25, 0.3) is 0 Å². The molecule has 0 amide bonds. The lowest BCUT2D eigenvalue weighted by Crippen LogP contribution is -1.94. The van der Waals surface area contributed by atoms with Crippen LogP contribution in [-0.4, -0.2) is 26.6 Å². The first-order valence-corrected chi connectivity index (χ1v) is 0.970. The average Bonchev–Trinajstić information content (AvgIpc) is 0.918. The SMILES string of the molecule is O.O.O.O.[O-][Cl+]O. The van der Waals surface area contributed by atoms with Crippen molar-refractivity contribution in [1.29, 1.82) is 0 Å². The summed E-state index contributed by atoms with van der Waals surface area (Å²) in [6.07, 6.45) is 0. The Labute approximate surface area is 43.7 Å². The molecule has 0 radical (unpaired) electrons. The predicted octanol–water partition coefficient (Wildman–Crippen LogP) is -5.04. The molecule has 0 saturated heterocycles. The summed E-state index contributed by atoms with van der Waals surface area (Å²) in [6.45, 7) is 0. The highest BCUT2D eigenvalue weighted by Crippen LogP contribution is 1.13. The van der Waals surface area contributed by atoms with Crippen molar-refractivity contribution in [2.24, 2.45) is 0 Å². The molecule has 9 N–H and O–H groups in total. The minimum absolute atomic E-state index is 0. The molecule has 0 saturated carbocycles. The lowest BCUT2D eigenvalue weighted by Gasteiger charge is -1.46. The van der Waals surface area contributed by atoms with E-state index >= 15 is 0 Å². The van der Waals surface area contributed by atoms with Gasteiger partial charge in [0.2, 0.25) is 0 Å². The zero-order valence-electron chi connectivity index (χ0n) is 3.23. The van der Waals surface area contributed by atoms with Gasteiger partial charge in [-0.3, -0.25) is 0 Å². The summed E-state index contributed by atoms with van der Waals surface area (Å²) in [4.78, 5) is 0. The minimum atomic E-state index is -0.167. The Kier molecular flexibility index (Phi) is 1230. The van der Waals surface area contributed by atoms with Gasteiger partial charge >= 0.3 is 11.3 Å². The van der Waals surface area contributed by atoms with Crippen LogP contribution in [0.25, 0.3) is 0 Å². The summed E-state index contributed by atoms with van der Waals surface area (Å²) in [5.41, 5.74) is 0. The van der Waals surface area contributed by atoms with Crippen LogP contribution in [0.1, 0.15) is 0 Å². The standard InChI is InChI=1S/ClHO2.4H2O/c2-1-3;;;;/h2H;4*1H2. The van der Waals surface area contributed by atoms with E-state index in [1.54, 1.807) is 0 Å². The summed E-state index contributed by atoms with van der Waals surface area (Å²) in [5.74, 6) is 0. The van der Waals surface area contributed by atoms with Crippen LogP contribution in [0.4, 0.5) is 0 Å². The maximum absolute atomic E-state index is 8.35. The van der Waals surface area contributed by atoms with E-state index in [9.17, 15) is 0 Å². The Bertz CT molecular complexity index is 4.14. The van der Waals surface area contributed by atoms with Crippen LogP contribution in [0.15, 0.2) is 0 Å². The first kappa shape index (κ1) is 61.4. The Morgan fingerprint density at radius 1 is 1.00 bits per heavy atom. The lowest BCUT2D eigenvalue weighted by molar-refractivity contribution is -1.27. The van der Waals surface area contributed by atoms with Gasteiger partial charge in [-0.2, -0.15) is 0 Å². The molecule has 0 aromatic rings. The highest BCUT2D eigenvalue weighted by atomic mass is 35.6. The zero-order chi connectivity index (χ0) is 2.71. The molecule has 7 heavy (non-hydrogen) atoms. The van der Waals surface area contributed by atoms with Crippen molar-refractivity contribution in [3.8, 4) is 0 Å². The van der Waals surface area contributed by atoms with Crippen LogP contribution >= 0.6 is 0 Å². The lowest BCUT2D eigenvalue weighted by atomic mass is 15.9. The van der Waals surface area contributed by atoms with E-state index in [4.69, 9.17) is 9.32 Å². The van der Waals surface area contributed by atoms with Crippen molar-refractivity contribution >= 4 is 0 Å². The second kappa shape index (κ2) is 140. The van der Waals surface area contributed by atoms with E-state index in [0.717, 1.165) is 0 Å². The van der Waals surface area contributed by atoms with Crippen molar-refractivity contribution in [2.45, 2.75) is 0 Å². The van der Waals surface area contributed by atoms with Crippen LogP contribution < -0.4 is 4.66 Å². The van der Waals surface area contributed by atoms with Crippen molar-refractivity contribution in [3.63, 3.8) is 0 Å².